The highest BCUT2D eigenvalue weighted by molar-refractivity contribution is 5.83. The van der Waals surface area contributed by atoms with E-state index in [0.717, 1.165) is 22.9 Å². The first-order chi connectivity index (χ1) is 10.5. The van der Waals surface area contributed by atoms with Crippen LogP contribution in [0.4, 0.5) is 4.79 Å². The molecule has 1 aromatic carbocycles. The molecule has 3 rings (SSSR count). The topological polar surface area (TPSA) is 45.3 Å². The fraction of sp³-hybridized carbons (Fsp3) is 0.389. The number of carbonyl (C=O) groups excluding carboxylic acids is 1. The molecule has 1 aromatic heterocycles. The van der Waals surface area contributed by atoms with E-state index in [-0.39, 0.29) is 12.1 Å². The first-order valence-electron chi connectivity index (χ1n) is 7.66. The molecule has 1 aliphatic rings. The Hall–Kier alpha value is -2.23. The Kier molecular flexibility index (Phi) is 3.69. The molecule has 1 N–H and O–H groups in total. The van der Waals surface area contributed by atoms with Crippen molar-refractivity contribution in [1.29, 1.82) is 0 Å². The van der Waals surface area contributed by atoms with Gasteiger partial charge in [-0.2, -0.15) is 0 Å². The van der Waals surface area contributed by atoms with Crippen LogP contribution in [0.3, 0.4) is 0 Å². The maximum absolute atomic E-state index is 12.5. The van der Waals surface area contributed by atoms with Crippen LogP contribution in [0.1, 0.15) is 38.8 Å². The predicted octanol–water partition coefficient (Wildman–Crippen LogP) is 4.41. The van der Waals surface area contributed by atoms with E-state index >= 15 is 0 Å². The lowest BCUT2D eigenvalue weighted by atomic mass is 9.97. The number of nitrogens with zero attached hydrogens (tertiary/aromatic N) is 1. The molecule has 0 bridgehead atoms. The van der Waals surface area contributed by atoms with E-state index in [2.05, 4.69) is 29.3 Å². The number of ether oxygens (including phenoxy) is 1. The summed E-state index contributed by atoms with van der Waals surface area (Å²) in [5, 5.41) is 1.16. The summed E-state index contributed by atoms with van der Waals surface area (Å²) in [7, 11) is 0. The number of aromatic amines is 1. The fourth-order valence-corrected chi connectivity index (χ4v) is 2.87. The fourth-order valence-electron chi connectivity index (χ4n) is 2.87. The van der Waals surface area contributed by atoms with Gasteiger partial charge in [0, 0.05) is 12.7 Å². The lowest BCUT2D eigenvalue weighted by molar-refractivity contribution is 0.0177. The van der Waals surface area contributed by atoms with E-state index < -0.39 is 5.60 Å². The quantitative estimate of drug-likeness (QED) is 0.793. The molecule has 2 aromatic rings. The SMILES string of the molecule is CC(C)(C)OC(=O)N1CC=CCC1c1cccc2cc[nH]c12. The van der Waals surface area contributed by atoms with Gasteiger partial charge >= 0.3 is 6.09 Å². The number of amides is 1. The maximum atomic E-state index is 12.5. The van der Waals surface area contributed by atoms with Crippen LogP contribution in [-0.2, 0) is 4.74 Å². The first-order valence-corrected chi connectivity index (χ1v) is 7.66. The van der Waals surface area contributed by atoms with Crippen molar-refractivity contribution in [1.82, 2.24) is 9.88 Å². The number of aromatic nitrogens is 1. The molecule has 0 radical (unpaired) electrons. The minimum atomic E-state index is -0.485. The summed E-state index contributed by atoms with van der Waals surface area (Å²) < 4.78 is 5.57. The van der Waals surface area contributed by atoms with Gasteiger partial charge in [-0.1, -0.05) is 30.4 Å². The number of carbonyl (C=O) groups is 1. The van der Waals surface area contributed by atoms with E-state index in [0.29, 0.717) is 6.54 Å². The third kappa shape index (κ3) is 2.86. The molecule has 1 atom stereocenters. The van der Waals surface area contributed by atoms with Crippen molar-refractivity contribution < 1.29 is 9.53 Å². The van der Waals surface area contributed by atoms with Gasteiger partial charge in [0.05, 0.1) is 11.6 Å². The van der Waals surface area contributed by atoms with Crippen molar-refractivity contribution in [2.45, 2.75) is 38.8 Å². The first kappa shape index (κ1) is 14.7. The number of para-hydroxylation sites is 1. The predicted molar refractivity (Wildman–Crippen MR) is 87.7 cm³/mol. The number of fused-ring (bicyclic) bond motifs is 1. The molecular weight excluding hydrogens is 276 g/mol. The molecule has 1 aliphatic heterocycles. The lowest BCUT2D eigenvalue weighted by Crippen LogP contribution is -2.40. The van der Waals surface area contributed by atoms with Crippen molar-refractivity contribution in [3.8, 4) is 0 Å². The van der Waals surface area contributed by atoms with Crippen molar-refractivity contribution in [3.63, 3.8) is 0 Å². The number of H-pyrrole nitrogens is 1. The van der Waals surface area contributed by atoms with Crippen LogP contribution in [0.25, 0.3) is 10.9 Å². The minimum absolute atomic E-state index is 0.00204. The third-order valence-electron chi connectivity index (χ3n) is 3.81. The number of hydrogen-bond acceptors (Lipinski definition) is 2. The minimum Gasteiger partial charge on any atom is -0.444 e. The van der Waals surface area contributed by atoms with Crippen molar-refractivity contribution in [2.24, 2.45) is 0 Å². The van der Waals surface area contributed by atoms with Crippen molar-refractivity contribution >= 4 is 17.0 Å². The van der Waals surface area contributed by atoms with Gasteiger partial charge in [-0.3, -0.25) is 4.90 Å². The molecule has 1 unspecified atom stereocenters. The molecular formula is C18H22N2O2. The Labute approximate surface area is 130 Å². The number of hydrogen-bond donors (Lipinski definition) is 1. The smallest absolute Gasteiger partial charge is 0.411 e. The second kappa shape index (κ2) is 5.52. The normalized spacial score (nSPS) is 18.7. The number of rotatable bonds is 1. The van der Waals surface area contributed by atoms with Crippen LogP contribution in [0, 0.1) is 0 Å². The average Bonchev–Trinajstić information content (AvgIpc) is 2.93. The van der Waals surface area contributed by atoms with E-state index in [1.54, 1.807) is 4.90 Å². The van der Waals surface area contributed by atoms with Gasteiger partial charge in [-0.05, 0) is 44.2 Å². The second-order valence-electron chi connectivity index (χ2n) is 6.64. The summed E-state index contributed by atoms with van der Waals surface area (Å²) in [6, 6.07) is 8.25. The van der Waals surface area contributed by atoms with Gasteiger partial charge in [0.15, 0.2) is 0 Å². The molecule has 22 heavy (non-hydrogen) atoms. The summed E-state index contributed by atoms with van der Waals surface area (Å²) in [5.74, 6) is 0. The van der Waals surface area contributed by atoms with Crippen LogP contribution in [-0.4, -0.2) is 28.1 Å². The standard InChI is InChI=1S/C18H22N2O2/c1-18(2,3)22-17(21)20-12-5-4-9-15(20)14-8-6-7-13-10-11-19-16(13)14/h4-8,10-11,15,19H,9,12H2,1-3H3. The van der Waals surface area contributed by atoms with Gasteiger partial charge in [-0.15, -0.1) is 0 Å². The summed E-state index contributed by atoms with van der Waals surface area (Å²) in [4.78, 5) is 17.6. The van der Waals surface area contributed by atoms with E-state index in [1.807, 2.05) is 39.1 Å². The maximum Gasteiger partial charge on any atom is 0.411 e. The zero-order valence-electron chi connectivity index (χ0n) is 13.3. The Morgan fingerprint density at radius 3 is 2.86 bits per heavy atom. The van der Waals surface area contributed by atoms with Crippen LogP contribution in [0.15, 0.2) is 42.6 Å². The zero-order valence-corrected chi connectivity index (χ0v) is 13.3. The highest BCUT2D eigenvalue weighted by Crippen LogP contribution is 2.33. The van der Waals surface area contributed by atoms with Gasteiger partial charge in [0.2, 0.25) is 0 Å². The molecule has 0 saturated carbocycles. The Morgan fingerprint density at radius 1 is 1.27 bits per heavy atom. The molecule has 0 aliphatic carbocycles. The zero-order chi connectivity index (χ0) is 15.7. The Bertz CT molecular complexity index is 709. The molecule has 4 heteroatoms. The Morgan fingerprint density at radius 2 is 2.09 bits per heavy atom. The second-order valence-corrected chi connectivity index (χ2v) is 6.64. The monoisotopic (exact) mass is 298 g/mol. The van der Waals surface area contributed by atoms with Crippen molar-refractivity contribution in [2.75, 3.05) is 6.54 Å². The molecule has 116 valence electrons. The number of nitrogens with one attached hydrogen (secondary N) is 1. The summed E-state index contributed by atoms with van der Waals surface area (Å²) >= 11 is 0. The summed E-state index contributed by atoms with van der Waals surface area (Å²) in [5.41, 5.74) is 1.75. The lowest BCUT2D eigenvalue weighted by Gasteiger charge is -2.35. The Balaban J connectivity index is 1.95. The third-order valence-corrected chi connectivity index (χ3v) is 3.81. The van der Waals surface area contributed by atoms with Crippen LogP contribution < -0.4 is 0 Å². The van der Waals surface area contributed by atoms with E-state index in [1.165, 1.54) is 0 Å². The largest absolute Gasteiger partial charge is 0.444 e. The van der Waals surface area contributed by atoms with Gasteiger partial charge in [0.25, 0.3) is 0 Å². The van der Waals surface area contributed by atoms with E-state index in [9.17, 15) is 4.79 Å². The van der Waals surface area contributed by atoms with Gasteiger partial charge in [-0.25, -0.2) is 4.79 Å². The summed E-state index contributed by atoms with van der Waals surface area (Å²) in [6.07, 6.45) is 6.63. The molecule has 0 saturated heterocycles. The molecule has 0 spiro atoms. The van der Waals surface area contributed by atoms with Crippen LogP contribution in [0.5, 0.6) is 0 Å². The molecule has 1 amide bonds. The highest BCUT2D eigenvalue weighted by Gasteiger charge is 2.30. The molecule has 0 fully saturated rings. The van der Waals surface area contributed by atoms with E-state index in [4.69, 9.17) is 4.74 Å². The van der Waals surface area contributed by atoms with Gasteiger partial charge < -0.3 is 9.72 Å². The van der Waals surface area contributed by atoms with Crippen LogP contribution >= 0.6 is 0 Å². The average molecular weight is 298 g/mol. The van der Waals surface area contributed by atoms with Crippen molar-refractivity contribution in [3.05, 3.63) is 48.2 Å². The van der Waals surface area contributed by atoms with Crippen LogP contribution in [0.2, 0.25) is 0 Å². The number of benzene rings is 1. The molecule has 2 heterocycles. The van der Waals surface area contributed by atoms with Gasteiger partial charge in [0.1, 0.15) is 5.60 Å². The molecule has 4 nitrogen and oxygen atoms in total. The summed E-state index contributed by atoms with van der Waals surface area (Å²) in [6.45, 7) is 6.26. The highest BCUT2D eigenvalue weighted by atomic mass is 16.6.